The average molecular weight is 174 g/mol. The third-order valence-corrected chi connectivity index (χ3v) is 1.86. The maximum atomic E-state index is 6.99. The number of hydrogen-bond donors (Lipinski definition) is 1. The van der Waals surface area contributed by atoms with Crippen LogP contribution in [0.5, 0.6) is 0 Å². The summed E-state index contributed by atoms with van der Waals surface area (Å²) in [4.78, 5) is 3.45. The Labute approximate surface area is 79.2 Å². The van der Waals surface area contributed by atoms with Gasteiger partial charge in [0.05, 0.1) is 6.57 Å². The lowest BCUT2D eigenvalue weighted by Gasteiger charge is -2.07. The summed E-state index contributed by atoms with van der Waals surface area (Å²) in [5, 5.41) is 0. The fourth-order valence-corrected chi connectivity index (χ4v) is 1.30. The monoisotopic (exact) mass is 174 g/mol. The largest absolute Gasteiger partial charge is 0.400 e. The van der Waals surface area contributed by atoms with Crippen LogP contribution in [0.4, 0.5) is 11.4 Å². The van der Waals surface area contributed by atoms with Gasteiger partial charge in [-0.25, -0.2) is 4.85 Å². The van der Waals surface area contributed by atoms with Gasteiger partial charge in [-0.3, -0.25) is 0 Å². The molecule has 0 spiro atoms. The molecule has 0 atom stereocenters. The molecule has 0 aromatic heterocycles. The maximum absolute atomic E-state index is 6.99. The molecule has 13 heavy (non-hydrogen) atoms. The number of hydrogen-bond acceptors (Lipinski definition) is 1. The van der Waals surface area contributed by atoms with Gasteiger partial charge in [0.2, 0.25) is 0 Å². The minimum atomic E-state index is 0.573. The van der Waals surface area contributed by atoms with Crippen LogP contribution in [0, 0.1) is 12.5 Å². The van der Waals surface area contributed by atoms with Gasteiger partial charge in [-0.2, -0.15) is 0 Å². The Balaban J connectivity index is 3.01. The minimum absolute atomic E-state index is 0.573. The van der Waals surface area contributed by atoms with Gasteiger partial charge in [-0.15, -0.1) is 0 Å². The van der Waals surface area contributed by atoms with Crippen LogP contribution in [-0.2, 0) is 6.42 Å². The minimum Gasteiger partial charge on any atom is -0.400 e. The number of benzene rings is 1. The Kier molecular flexibility index (Phi) is 2.92. The van der Waals surface area contributed by atoms with Crippen LogP contribution in [0.2, 0.25) is 0 Å². The molecule has 0 radical (unpaired) electrons. The van der Waals surface area contributed by atoms with E-state index in [0.29, 0.717) is 17.3 Å². The predicted octanol–water partition coefficient (Wildman–Crippen LogP) is 3.02. The molecule has 68 valence electrons. The van der Waals surface area contributed by atoms with Gasteiger partial charge in [-0.05, 0) is 30.0 Å². The van der Waals surface area contributed by atoms with Crippen molar-refractivity contribution >= 4 is 11.4 Å². The molecule has 2 nitrogen and oxygen atoms in total. The lowest BCUT2D eigenvalue weighted by atomic mass is 10.0. The first-order valence-corrected chi connectivity index (χ1v) is 4.39. The molecule has 2 heteroatoms. The molecule has 1 aromatic rings. The number of anilines is 1. The molecule has 0 unspecified atom stereocenters. The van der Waals surface area contributed by atoms with E-state index in [9.17, 15) is 0 Å². The quantitative estimate of drug-likeness (QED) is 0.542. The topological polar surface area (TPSA) is 30.4 Å². The van der Waals surface area contributed by atoms with Crippen LogP contribution in [0.1, 0.15) is 19.4 Å². The summed E-state index contributed by atoms with van der Waals surface area (Å²) < 4.78 is 0. The molecule has 0 aliphatic heterocycles. The third-order valence-electron chi connectivity index (χ3n) is 1.86. The van der Waals surface area contributed by atoms with Crippen molar-refractivity contribution in [2.75, 3.05) is 5.73 Å². The summed E-state index contributed by atoms with van der Waals surface area (Å²) in [6.45, 7) is 11.3. The Morgan fingerprint density at radius 3 is 2.69 bits per heavy atom. The van der Waals surface area contributed by atoms with Crippen LogP contribution >= 0.6 is 0 Å². The van der Waals surface area contributed by atoms with Crippen molar-refractivity contribution in [3.05, 3.63) is 35.2 Å². The molecule has 0 bridgehead atoms. The Bertz CT molecular complexity index is 334. The molecule has 0 aliphatic carbocycles. The maximum Gasteiger partial charge on any atom is 0.192 e. The molecule has 1 rings (SSSR count). The Hall–Kier alpha value is -1.49. The molecule has 0 amide bonds. The van der Waals surface area contributed by atoms with E-state index in [4.69, 9.17) is 12.3 Å². The SMILES string of the molecule is [C-]#[N+]c1cc(N)ccc1CC(C)C. The van der Waals surface area contributed by atoms with E-state index in [1.54, 1.807) is 6.07 Å². The average Bonchev–Trinajstić information content (AvgIpc) is 2.07. The van der Waals surface area contributed by atoms with Crippen molar-refractivity contribution in [2.45, 2.75) is 20.3 Å². The van der Waals surface area contributed by atoms with Gasteiger partial charge in [-0.1, -0.05) is 19.9 Å². The molecule has 2 N–H and O–H groups in total. The lowest BCUT2D eigenvalue weighted by molar-refractivity contribution is 0.649. The molecule has 1 aromatic carbocycles. The number of nitrogen functional groups attached to an aromatic ring is 1. The number of nitrogens with two attached hydrogens (primary N) is 1. The van der Waals surface area contributed by atoms with Crippen molar-refractivity contribution in [1.82, 2.24) is 0 Å². The standard InChI is InChI=1S/C11H14N2/c1-8(2)6-9-4-5-10(12)7-11(9)13-3/h4-5,7-8H,6,12H2,1-2H3. The molecule has 0 aliphatic rings. The highest BCUT2D eigenvalue weighted by atomic mass is 14.7. The van der Waals surface area contributed by atoms with Crippen LogP contribution in [0.3, 0.4) is 0 Å². The highest BCUT2D eigenvalue weighted by Crippen LogP contribution is 2.24. The van der Waals surface area contributed by atoms with Gasteiger partial charge in [0, 0.05) is 5.69 Å². The first-order chi connectivity index (χ1) is 6.13. The van der Waals surface area contributed by atoms with Crippen molar-refractivity contribution in [1.29, 1.82) is 0 Å². The summed E-state index contributed by atoms with van der Waals surface area (Å²) in [6.07, 6.45) is 0.942. The van der Waals surface area contributed by atoms with Crippen LogP contribution in [0.25, 0.3) is 4.85 Å². The van der Waals surface area contributed by atoms with Gasteiger partial charge in [0.25, 0.3) is 0 Å². The van der Waals surface area contributed by atoms with E-state index in [-0.39, 0.29) is 0 Å². The molecule has 0 saturated heterocycles. The predicted molar refractivity (Wildman–Crippen MR) is 55.7 cm³/mol. The lowest BCUT2D eigenvalue weighted by Crippen LogP contribution is -1.95. The van der Waals surface area contributed by atoms with Crippen molar-refractivity contribution in [3.63, 3.8) is 0 Å². The molecular weight excluding hydrogens is 160 g/mol. The summed E-state index contributed by atoms with van der Waals surface area (Å²) in [5.74, 6) is 0.573. The number of nitrogens with zero attached hydrogens (tertiary/aromatic N) is 1. The molecule has 0 saturated carbocycles. The smallest absolute Gasteiger partial charge is 0.192 e. The zero-order chi connectivity index (χ0) is 9.84. The van der Waals surface area contributed by atoms with E-state index in [1.807, 2.05) is 12.1 Å². The highest BCUT2D eigenvalue weighted by Gasteiger charge is 2.04. The van der Waals surface area contributed by atoms with Gasteiger partial charge < -0.3 is 5.73 Å². The third kappa shape index (κ3) is 2.48. The van der Waals surface area contributed by atoms with Crippen LogP contribution in [0.15, 0.2) is 18.2 Å². The van der Waals surface area contributed by atoms with Crippen LogP contribution < -0.4 is 5.73 Å². The van der Waals surface area contributed by atoms with E-state index in [1.165, 1.54) is 0 Å². The second-order valence-electron chi connectivity index (χ2n) is 3.60. The summed E-state index contributed by atoms with van der Waals surface area (Å²) in [7, 11) is 0. The van der Waals surface area contributed by atoms with Gasteiger partial charge >= 0.3 is 0 Å². The number of rotatable bonds is 2. The van der Waals surface area contributed by atoms with E-state index in [2.05, 4.69) is 18.7 Å². The fourth-order valence-electron chi connectivity index (χ4n) is 1.30. The first-order valence-electron chi connectivity index (χ1n) is 4.39. The summed E-state index contributed by atoms with van der Waals surface area (Å²) in [5.41, 5.74) is 8.04. The first kappa shape index (κ1) is 9.60. The van der Waals surface area contributed by atoms with E-state index in [0.717, 1.165) is 12.0 Å². The molecule has 0 heterocycles. The fraction of sp³-hybridized carbons (Fsp3) is 0.364. The summed E-state index contributed by atoms with van der Waals surface area (Å²) in [6, 6.07) is 5.54. The normalized spacial score (nSPS) is 10.0. The summed E-state index contributed by atoms with van der Waals surface area (Å²) >= 11 is 0. The second kappa shape index (κ2) is 3.95. The van der Waals surface area contributed by atoms with E-state index < -0.39 is 0 Å². The van der Waals surface area contributed by atoms with E-state index >= 15 is 0 Å². The Morgan fingerprint density at radius 2 is 2.15 bits per heavy atom. The van der Waals surface area contributed by atoms with Gasteiger partial charge in [0.15, 0.2) is 5.69 Å². The van der Waals surface area contributed by atoms with Crippen LogP contribution in [-0.4, -0.2) is 0 Å². The zero-order valence-corrected chi connectivity index (χ0v) is 8.04. The van der Waals surface area contributed by atoms with Gasteiger partial charge in [0.1, 0.15) is 0 Å². The van der Waals surface area contributed by atoms with Crippen molar-refractivity contribution < 1.29 is 0 Å². The second-order valence-corrected chi connectivity index (χ2v) is 3.60. The zero-order valence-electron chi connectivity index (χ0n) is 8.04. The Morgan fingerprint density at radius 1 is 1.46 bits per heavy atom. The highest BCUT2D eigenvalue weighted by molar-refractivity contribution is 5.60. The molecular formula is C11H14N2. The van der Waals surface area contributed by atoms with Crippen molar-refractivity contribution in [3.8, 4) is 0 Å². The van der Waals surface area contributed by atoms with Crippen molar-refractivity contribution in [2.24, 2.45) is 5.92 Å². The molecule has 0 fully saturated rings.